The molecule has 0 aliphatic heterocycles. The molecule has 7 heteroatoms. The van der Waals surface area contributed by atoms with Gasteiger partial charge in [-0.15, -0.1) is 11.3 Å². The molecular formula is C12H12N2O4S. The normalized spacial score (nSPS) is 12.1. The number of nitro benzene ring substituents is 1. The number of aromatic nitrogens is 1. The van der Waals surface area contributed by atoms with Crippen molar-refractivity contribution in [3.8, 4) is 5.75 Å². The Labute approximate surface area is 113 Å². The summed E-state index contributed by atoms with van der Waals surface area (Å²) in [5, 5.41) is 23.0. The summed E-state index contributed by atoms with van der Waals surface area (Å²) >= 11 is 1.46. The first kappa shape index (κ1) is 13.4. The fraction of sp³-hybridized carbons (Fsp3) is 0.250. The van der Waals surface area contributed by atoms with Crippen molar-refractivity contribution in [3.05, 3.63) is 50.5 Å². The summed E-state index contributed by atoms with van der Waals surface area (Å²) in [6.45, 7) is 1.81. The molecule has 1 heterocycles. The molecule has 0 radical (unpaired) electrons. The molecule has 19 heavy (non-hydrogen) atoms. The summed E-state index contributed by atoms with van der Waals surface area (Å²) in [6.07, 6.45) is 0.834. The molecule has 1 aromatic carbocycles. The molecule has 1 aromatic heterocycles. The van der Waals surface area contributed by atoms with E-state index in [1.165, 1.54) is 36.5 Å². The molecule has 0 aliphatic rings. The van der Waals surface area contributed by atoms with Gasteiger partial charge in [0.2, 0.25) is 0 Å². The van der Waals surface area contributed by atoms with E-state index in [-0.39, 0.29) is 12.3 Å². The Morgan fingerprint density at radius 3 is 2.95 bits per heavy atom. The topological polar surface area (TPSA) is 85.5 Å². The largest absolute Gasteiger partial charge is 0.486 e. The Balaban J connectivity index is 2.21. The van der Waals surface area contributed by atoms with E-state index < -0.39 is 11.0 Å². The Morgan fingerprint density at radius 2 is 2.37 bits per heavy atom. The number of rotatable bonds is 5. The van der Waals surface area contributed by atoms with Gasteiger partial charge in [-0.2, -0.15) is 0 Å². The van der Waals surface area contributed by atoms with Crippen molar-refractivity contribution in [3.63, 3.8) is 0 Å². The van der Waals surface area contributed by atoms with Crippen LogP contribution in [0.1, 0.15) is 23.6 Å². The van der Waals surface area contributed by atoms with E-state index in [0.29, 0.717) is 11.3 Å². The molecular weight excluding hydrogens is 268 g/mol. The lowest BCUT2D eigenvalue weighted by Crippen LogP contribution is -2.02. The standard InChI is InChI=1S/C12H12N2O4S/c1-8(15)10-6-9(14(16)17)2-3-11(10)18-7-12-13-4-5-19-12/h2-6,8,15H,7H2,1H3/t8-/m0/s1. The van der Waals surface area contributed by atoms with E-state index in [0.717, 1.165) is 5.01 Å². The van der Waals surface area contributed by atoms with Crippen LogP contribution in [-0.2, 0) is 6.61 Å². The Kier molecular flexibility index (Phi) is 4.08. The highest BCUT2D eigenvalue weighted by molar-refractivity contribution is 7.09. The molecule has 1 N–H and O–H groups in total. The maximum Gasteiger partial charge on any atom is 0.270 e. The molecule has 0 aliphatic carbocycles. The number of ether oxygens (including phenoxy) is 1. The van der Waals surface area contributed by atoms with Gasteiger partial charge in [0, 0.05) is 29.3 Å². The highest BCUT2D eigenvalue weighted by Gasteiger charge is 2.15. The van der Waals surface area contributed by atoms with Gasteiger partial charge in [-0.1, -0.05) is 0 Å². The second kappa shape index (κ2) is 5.77. The van der Waals surface area contributed by atoms with Crippen LogP contribution in [0.4, 0.5) is 5.69 Å². The molecule has 1 atom stereocenters. The number of aliphatic hydroxyl groups excluding tert-OH is 1. The summed E-state index contributed by atoms with van der Waals surface area (Å²) in [5.41, 5.74) is 0.322. The number of nitro groups is 1. The van der Waals surface area contributed by atoms with Gasteiger partial charge in [-0.3, -0.25) is 10.1 Å². The van der Waals surface area contributed by atoms with Crippen LogP contribution in [0.15, 0.2) is 29.8 Å². The third kappa shape index (κ3) is 3.27. The van der Waals surface area contributed by atoms with Crippen molar-refractivity contribution < 1.29 is 14.8 Å². The Hall–Kier alpha value is -1.99. The second-order valence-electron chi connectivity index (χ2n) is 3.87. The molecule has 0 fully saturated rings. The lowest BCUT2D eigenvalue weighted by atomic mass is 10.1. The number of thiazole rings is 1. The third-order valence-electron chi connectivity index (χ3n) is 2.49. The SMILES string of the molecule is C[C@H](O)c1cc([N+](=O)[O-])ccc1OCc1nccs1. The lowest BCUT2D eigenvalue weighted by Gasteiger charge is -2.12. The molecule has 0 saturated heterocycles. The molecule has 6 nitrogen and oxygen atoms in total. The van der Waals surface area contributed by atoms with Crippen LogP contribution >= 0.6 is 11.3 Å². The van der Waals surface area contributed by atoms with Crippen LogP contribution in [0.5, 0.6) is 5.75 Å². The number of non-ortho nitro benzene ring substituents is 1. The number of hydrogen-bond acceptors (Lipinski definition) is 6. The van der Waals surface area contributed by atoms with Crippen molar-refractivity contribution in [2.24, 2.45) is 0 Å². The lowest BCUT2D eigenvalue weighted by molar-refractivity contribution is -0.385. The molecule has 0 bridgehead atoms. The first-order valence-electron chi connectivity index (χ1n) is 5.55. The van der Waals surface area contributed by atoms with Crippen LogP contribution in [0.2, 0.25) is 0 Å². The molecule has 0 unspecified atom stereocenters. The first-order chi connectivity index (χ1) is 9.08. The number of nitrogens with zero attached hydrogens (tertiary/aromatic N) is 2. The molecule has 0 amide bonds. The molecule has 2 aromatic rings. The maximum atomic E-state index is 10.7. The van der Waals surface area contributed by atoms with Gasteiger partial charge in [-0.05, 0) is 13.0 Å². The number of benzene rings is 1. The van der Waals surface area contributed by atoms with Crippen LogP contribution < -0.4 is 4.74 Å². The summed E-state index contributed by atoms with van der Waals surface area (Å²) in [6, 6.07) is 4.17. The molecule has 0 saturated carbocycles. The summed E-state index contributed by atoms with van der Waals surface area (Å²) < 4.78 is 5.54. The van der Waals surface area contributed by atoms with Crippen molar-refractivity contribution >= 4 is 17.0 Å². The minimum absolute atomic E-state index is 0.0718. The van der Waals surface area contributed by atoms with E-state index in [1.807, 2.05) is 5.38 Å². The van der Waals surface area contributed by atoms with Crippen molar-refractivity contribution in [1.29, 1.82) is 0 Å². The number of aliphatic hydroxyl groups is 1. The van der Waals surface area contributed by atoms with E-state index >= 15 is 0 Å². The van der Waals surface area contributed by atoms with Gasteiger partial charge in [-0.25, -0.2) is 4.98 Å². The average molecular weight is 280 g/mol. The van der Waals surface area contributed by atoms with E-state index in [4.69, 9.17) is 4.74 Å². The van der Waals surface area contributed by atoms with E-state index in [9.17, 15) is 15.2 Å². The Bertz CT molecular complexity index is 569. The van der Waals surface area contributed by atoms with Crippen LogP contribution in [0, 0.1) is 10.1 Å². The minimum atomic E-state index is -0.841. The Morgan fingerprint density at radius 1 is 1.58 bits per heavy atom. The average Bonchev–Trinajstić information content (AvgIpc) is 2.89. The van der Waals surface area contributed by atoms with Crippen molar-refractivity contribution in [2.75, 3.05) is 0 Å². The van der Waals surface area contributed by atoms with Gasteiger partial charge >= 0.3 is 0 Å². The quantitative estimate of drug-likeness (QED) is 0.672. The summed E-state index contributed by atoms with van der Waals surface area (Å²) in [7, 11) is 0. The van der Waals surface area contributed by atoms with Gasteiger partial charge < -0.3 is 9.84 Å². The monoisotopic (exact) mass is 280 g/mol. The predicted octanol–water partition coefficient (Wildman–Crippen LogP) is 2.68. The van der Waals surface area contributed by atoms with E-state index in [2.05, 4.69) is 4.98 Å². The fourth-order valence-electron chi connectivity index (χ4n) is 1.57. The predicted molar refractivity (Wildman–Crippen MR) is 70.2 cm³/mol. The zero-order valence-corrected chi connectivity index (χ0v) is 11.0. The van der Waals surface area contributed by atoms with Gasteiger partial charge in [0.05, 0.1) is 11.0 Å². The van der Waals surface area contributed by atoms with Crippen molar-refractivity contribution in [2.45, 2.75) is 19.6 Å². The third-order valence-corrected chi connectivity index (χ3v) is 3.24. The second-order valence-corrected chi connectivity index (χ2v) is 4.85. The zero-order chi connectivity index (χ0) is 13.8. The van der Waals surface area contributed by atoms with Crippen LogP contribution in [0.25, 0.3) is 0 Å². The summed E-state index contributed by atoms with van der Waals surface area (Å²) in [5.74, 6) is 0.427. The first-order valence-corrected chi connectivity index (χ1v) is 6.43. The van der Waals surface area contributed by atoms with Crippen molar-refractivity contribution in [1.82, 2.24) is 4.98 Å². The molecule has 100 valence electrons. The smallest absolute Gasteiger partial charge is 0.270 e. The highest BCUT2D eigenvalue weighted by atomic mass is 32.1. The minimum Gasteiger partial charge on any atom is -0.486 e. The van der Waals surface area contributed by atoms with Crippen LogP contribution in [0.3, 0.4) is 0 Å². The molecule has 0 spiro atoms. The van der Waals surface area contributed by atoms with E-state index in [1.54, 1.807) is 6.20 Å². The molecule has 2 rings (SSSR count). The van der Waals surface area contributed by atoms with Gasteiger partial charge in [0.15, 0.2) is 0 Å². The zero-order valence-electron chi connectivity index (χ0n) is 10.1. The van der Waals surface area contributed by atoms with Crippen LogP contribution in [-0.4, -0.2) is 15.0 Å². The summed E-state index contributed by atoms with van der Waals surface area (Å²) in [4.78, 5) is 14.3. The fourth-order valence-corrected chi connectivity index (χ4v) is 2.10. The van der Waals surface area contributed by atoms with Gasteiger partial charge in [0.25, 0.3) is 5.69 Å². The maximum absolute atomic E-state index is 10.7. The number of hydrogen-bond donors (Lipinski definition) is 1. The highest BCUT2D eigenvalue weighted by Crippen LogP contribution is 2.30. The van der Waals surface area contributed by atoms with Gasteiger partial charge in [0.1, 0.15) is 17.4 Å².